The summed E-state index contributed by atoms with van der Waals surface area (Å²) in [4.78, 5) is 14.1. The van der Waals surface area contributed by atoms with E-state index in [0.29, 0.717) is 10.6 Å². The maximum Gasteiger partial charge on any atom is 0.230 e. The van der Waals surface area contributed by atoms with Crippen LogP contribution in [-0.4, -0.2) is 17.6 Å². The highest BCUT2D eigenvalue weighted by atomic mass is 35.5. The molecule has 1 aliphatic rings. The van der Waals surface area contributed by atoms with Crippen molar-refractivity contribution in [2.24, 2.45) is 0 Å². The van der Waals surface area contributed by atoms with Gasteiger partial charge in [0.2, 0.25) is 5.91 Å². The van der Waals surface area contributed by atoms with Crippen LogP contribution < -0.4 is 5.32 Å². The monoisotopic (exact) mass is 415 g/mol. The third kappa shape index (κ3) is 3.39. The molecule has 1 aromatic carbocycles. The topological polar surface area (TPSA) is 62.5 Å². The molecule has 0 saturated heterocycles. The molecule has 0 spiro atoms. The molecule has 146 valence electrons. The van der Waals surface area contributed by atoms with Crippen molar-refractivity contribution in [1.29, 1.82) is 0 Å². The van der Waals surface area contributed by atoms with Gasteiger partial charge in [-0.05, 0) is 48.1 Å². The van der Waals surface area contributed by atoms with Gasteiger partial charge in [-0.15, -0.1) is 11.3 Å². The van der Waals surface area contributed by atoms with E-state index in [1.54, 1.807) is 6.07 Å². The Hall–Kier alpha value is -2.08. The van der Waals surface area contributed by atoms with Crippen LogP contribution in [0.3, 0.4) is 0 Å². The minimum Gasteiger partial charge on any atom is -0.472 e. The average Bonchev–Trinajstić information content (AvgIpc) is 3.48. The molecule has 1 fully saturated rings. The molecule has 0 radical (unpaired) electrons. The summed E-state index contributed by atoms with van der Waals surface area (Å²) in [6, 6.07) is 13.0. The number of hydrogen-bond donors (Lipinski definition) is 2. The number of carbonyl (C=O) groups is 1. The predicted octanol–water partition coefficient (Wildman–Crippen LogP) is 4.86. The Kier molecular flexibility index (Phi) is 5.32. The first-order valence-electron chi connectivity index (χ1n) is 9.38. The smallest absolute Gasteiger partial charge is 0.230 e. The summed E-state index contributed by atoms with van der Waals surface area (Å²) in [5.74, 6) is -0.0502. The van der Waals surface area contributed by atoms with Crippen molar-refractivity contribution >= 4 is 28.8 Å². The van der Waals surface area contributed by atoms with Gasteiger partial charge in [-0.2, -0.15) is 0 Å². The summed E-state index contributed by atoms with van der Waals surface area (Å²) < 4.78 is 5.19. The molecule has 2 aromatic heterocycles. The van der Waals surface area contributed by atoms with Gasteiger partial charge in [0, 0.05) is 15.5 Å². The van der Waals surface area contributed by atoms with Crippen LogP contribution in [-0.2, 0) is 15.8 Å². The Morgan fingerprint density at radius 2 is 1.96 bits per heavy atom. The highest BCUT2D eigenvalue weighted by molar-refractivity contribution is 7.10. The number of rotatable bonds is 6. The van der Waals surface area contributed by atoms with Crippen molar-refractivity contribution < 1.29 is 14.3 Å². The summed E-state index contributed by atoms with van der Waals surface area (Å²) in [5.41, 5.74) is -0.286. The van der Waals surface area contributed by atoms with Crippen LogP contribution in [0.5, 0.6) is 0 Å². The van der Waals surface area contributed by atoms with E-state index in [2.05, 4.69) is 5.32 Å². The fourth-order valence-corrected chi connectivity index (χ4v) is 5.09. The normalized spacial score (nSPS) is 17.9. The lowest BCUT2D eigenvalue weighted by Crippen LogP contribution is -2.48. The largest absolute Gasteiger partial charge is 0.472 e. The molecule has 1 saturated carbocycles. The molecule has 1 unspecified atom stereocenters. The number of thiophene rings is 1. The van der Waals surface area contributed by atoms with Crippen LogP contribution >= 0.6 is 22.9 Å². The zero-order valence-electron chi connectivity index (χ0n) is 15.4. The molecule has 6 heteroatoms. The van der Waals surface area contributed by atoms with E-state index < -0.39 is 11.0 Å². The second-order valence-electron chi connectivity index (χ2n) is 7.33. The quantitative estimate of drug-likeness (QED) is 0.604. The molecule has 1 amide bonds. The summed E-state index contributed by atoms with van der Waals surface area (Å²) >= 11 is 7.49. The molecule has 3 aromatic rings. The van der Waals surface area contributed by atoms with E-state index in [-0.39, 0.29) is 12.5 Å². The van der Waals surface area contributed by atoms with Gasteiger partial charge in [-0.25, -0.2) is 0 Å². The summed E-state index contributed by atoms with van der Waals surface area (Å²) in [6.07, 6.45) is 6.66. The molecule has 0 bridgehead atoms. The van der Waals surface area contributed by atoms with Crippen molar-refractivity contribution in [2.45, 2.75) is 36.7 Å². The van der Waals surface area contributed by atoms with E-state index in [0.717, 1.165) is 36.1 Å². The second-order valence-corrected chi connectivity index (χ2v) is 8.71. The molecular formula is C22H22ClNO3S. The van der Waals surface area contributed by atoms with Crippen LogP contribution in [0.25, 0.3) is 0 Å². The van der Waals surface area contributed by atoms with Crippen LogP contribution in [0, 0.1) is 0 Å². The molecule has 2 N–H and O–H groups in total. The molecule has 4 nitrogen and oxygen atoms in total. The second kappa shape index (κ2) is 7.74. The van der Waals surface area contributed by atoms with Gasteiger partial charge in [-0.3, -0.25) is 4.79 Å². The van der Waals surface area contributed by atoms with Gasteiger partial charge in [0.05, 0.1) is 24.5 Å². The zero-order valence-corrected chi connectivity index (χ0v) is 16.9. The van der Waals surface area contributed by atoms with Crippen molar-refractivity contribution in [3.63, 3.8) is 0 Å². The van der Waals surface area contributed by atoms with Gasteiger partial charge in [0.1, 0.15) is 5.60 Å². The number of amides is 1. The van der Waals surface area contributed by atoms with Crippen molar-refractivity contribution in [2.75, 3.05) is 6.54 Å². The van der Waals surface area contributed by atoms with Gasteiger partial charge >= 0.3 is 0 Å². The fraction of sp³-hybridized carbons (Fsp3) is 0.318. The van der Waals surface area contributed by atoms with E-state index in [1.165, 1.54) is 23.9 Å². The summed E-state index contributed by atoms with van der Waals surface area (Å²) in [6.45, 7) is 0.0845. The molecule has 1 aliphatic carbocycles. The molecule has 4 rings (SSSR count). The van der Waals surface area contributed by atoms with Crippen LogP contribution in [0.15, 0.2) is 64.8 Å². The predicted molar refractivity (Wildman–Crippen MR) is 111 cm³/mol. The van der Waals surface area contributed by atoms with Gasteiger partial charge in [0.15, 0.2) is 0 Å². The Balaban J connectivity index is 1.60. The fourth-order valence-electron chi connectivity index (χ4n) is 4.12. The van der Waals surface area contributed by atoms with Crippen LogP contribution in [0.2, 0.25) is 5.02 Å². The molecular weight excluding hydrogens is 394 g/mol. The minimum atomic E-state index is -1.32. The lowest BCUT2D eigenvalue weighted by Gasteiger charge is -2.32. The Morgan fingerprint density at radius 1 is 1.21 bits per heavy atom. The van der Waals surface area contributed by atoms with Crippen molar-refractivity contribution in [1.82, 2.24) is 5.32 Å². The molecule has 0 aliphatic heterocycles. The van der Waals surface area contributed by atoms with Crippen LogP contribution in [0.1, 0.15) is 41.7 Å². The number of benzene rings is 1. The standard InChI is InChI=1S/C22H22ClNO3S/c23-18-7-5-16(6-8-18)21(10-1-2-11-21)20(25)24-15-22(26,17-9-12-27-14-17)19-4-3-13-28-19/h3-9,12-14,26H,1-2,10-11,15H2,(H,24,25). The van der Waals surface area contributed by atoms with Gasteiger partial charge < -0.3 is 14.8 Å². The third-order valence-electron chi connectivity index (χ3n) is 5.72. The van der Waals surface area contributed by atoms with E-state index in [4.69, 9.17) is 16.0 Å². The number of hydrogen-bond acceptors (Lipinski definition) is 4. The maximum atomic E-state index is 13.4. The lowest BCUT2D eigenvalue weighted by atomic mass is 9.77. The van der Waals surface area contributed by atoms with Crippen molar-refractivity contribution in [3.8, 4) is 0 Å². The van der Waals surface area contributed by atoms with Crippen LogP contribution in [0.4, 0.5) is 0 Å². The number of carbonyl (C=O) groups excluding carboxylic acids is 1. The van der Waals surface area contributed by atoms with Gasteiger partial charge in [0.25, 0.3) is 0 Å². The maximum absolute atomic E-state index is 13.4. The van der Waals surface area contributed by atoms with Gasteiger partial charge in [-0.1, -0.05) is 42.6 Å². The Bertz CT molecular complexity index is 879. The Morgan fingerprint density at radius 3 is 2.57 bits per heavy atom. The molecule has 2 heterocycles. The summed E-state index contributed by atoms with van der Waals surface area (Å²) in [5, 5.41) is 17.0. The first-order valence-corrected chi connectivity index (χ1v) is 10.6. The van der Waals surface area contributed by atoms with E-state index >= 15 is 0 Å². The number of furan rings is 1. The average molecular weight is 416 g/mol. The van der Waals surface area contributed by atoms with Crippen molar-refractivity contribution in [3.05, 3.63) is 81.4 Å². The molecule has 28 heavy (non-hydrogen) atoms. The SMILES string of the molecule is O=C(NCC(O)(c1ccoc1)c1cccs1)C1(c2ccc(Cl)cc2)CCCC1. The first kappa shape index (κ1) is 19.2. The molecule has 1 atom stereocenters. The lowest BCUT2D eigenvalue weighted by molar-refractivity contribution is -0.127. The zero-order chi connectivity index (χ0) is 19.6. The number of nitrogens with one attached hydrogen (secondary N) is 1. The number of halogens is 1. The highest BCUT2D eigenvalue weighted by Crippen LogP contribution is 2.42. The highest BCUT2D eigenvalue weighted by Gasteiger charge is 2.44. The van der Waals surface area contributed by atoms with E-state index in [9.17, 15) is 9.90 Å². The Labute approximate surface area is 173 Å². The third-order valence-corrected chi connectivity index (χ3v) is 6.99. The van der Waals surface area contributed by atoms with E-state index in [1.807, 2.05) is 41.8 Å². The minimum absolute atomic E-state index is 0.0502. The number of aliphatic hydroxyl groups is 1. The summed E-state index contributed by atoms with van der Waals surface area (Å²) in [7, 11) is 0. The first-order chi connectivity index (χ1) is 13.5.